The maximum atomic E-state index is 11.0. The lowest BCUT2D eigenvalue weighted by molar-refractivity contribution is 0.192. The molecule has 0 bridgehead atoms. The number of carbonyl (C=O) groups is 1. The van der Waals surface area contributed by atoms with Crippen LogP contribution in [0.3, 0.4) is 0 Å². The molecular formula is C15H13N9O2. The predicted octanol–water partition coefficient (Wildman–Crippen LogP) is 1.54. The monoisotopic (exact) mass is 351 g/mol. The van der Waals surface area contributed by atoms with Gasteiger partial charge >= 0.3 is 6.09 Å². The second-order valence-corrected chi connectivity index (χ2v) is 5.36. The highest BCUT2D eigenvalue weighted by molar-refractivity contribution is 5.76. The molecule has 4 rings (SSSR count). The summed E-state index contributed by atoms with van der Waals surface area (Å²) in [5.41, 5.74) is 6.97. The van der Waals surface area contributed by atoms with Crippen LogP contribution < -0.4 is 11.1 Å². The van der Waals surface area contributed by atoms with Crippen molar-refractivity contribution in [2.24, 2.45) is 0 Å². The summed E-state index contributed by atoms with van der Waals surface area (Å²) in [5, 5.41) is 15.9. The maximum Gasteiger partial charge on any atom is 0.432 e. The molecule has 0 aromatic carbocycles. The zero-order chi connectivity index (χ0) is 18.3. The molecule has 26 heavy (non-hydrogen) atoms. The van der Waals surface area contributed by atoms with Gasteiger partial charge in [0.15, 0.2) is 17.5 Å². The van der Waals surface area contributed by atoms with Gasteiger partial charge in [-0.2, -0.15) is 14.6 Å². The van der Waals surface area contributed by atoms with Gasteiger partial charge in [-0.1, -0.05) is 6.07 Å². The Kier molecular flexibility index (Phi) is 3.46. The Morgan fingerprint density at radius 3 is 2.73 bits per heavy atom. The van der Waals surface area contributed by atoms with Crippen molar-refractivity contribution in [1.29, 1.82) is 0 Å². The molecule has 0 atom stereocenters. The predicted molar refractivity (Wildman–Crippen MR) is 92.1 cm³/mol. The topological polar surface area (TPSA) is 149 Å². The van der Waals surface area contributed by atoms with Gasteiger partial charge in [0, 0.05) is 18.5 Å². The normalized spacial score (nSPS) is 11.0. The number of nitrogen functional groups attached to an aromatic ring is 1. The number of imidazole rings is 1. The summed E-state index contributed by atoms with van der Waals surface area (Å²) < 4.78 is 2.59. The molecule has 0 aliphatic rings. The summed E-state index contributed by atoms with van der Waals surface area (Å²) in [4.78, 5) is 28.0. The molecule has 4 aromatic heterocycles. The van der Waals surface area contributed by atoms with Gasteiger partial charge in [-0.05, 0) is 19.1 Å². The van der Waals surface area contributed by atoms with Crippen molar-refractivity contribution in [3.05, 3.63) is 42.5 Å². The Labute approximate surface area is 146 Å². The summed E-state index contributed by atoms with van der Waals surface area (Å²) in [7, 11) is 0. The zero-order valence-electron chi connectivity index (χ0n) is 13.5. The van der Waals surface area contributed by atoms with E-state index in [9.17, 15) is 4.79 Å². The second kappa shape index (κ2) is 5.81. The minimum Gasteiger partial charge on any atom is -0.463 e. The summed E-state index contributed by atoms with van der Waals surface area (Å²) in [6.45, 7) is 1.71. The molecule has 4 N–H and O–H groups in total. The number of hydrogen-bond acceptors (Lipinski definition) is 8. The first kappa shape index (κ1) is 15.5. The van der Waals surface area contributed by atoms with Crippen molar-refractivity contribution < 1.29 is 9.90 Å². The molecule has 4 heterocycles. The van der Waals surface area contributed by atoms with E-state index in [1.165, 1.54) is 12.3 Å². The van der Waals surface area contributed by atoms with Crippen LogP contribution >= 0.6 is 0 Å². The minimum absolute atomic E-state index is 0.0967. The quantitative estimate of drug-likeness (QED) is 0.499. The van der Waals surface area contributed by atoms with E-state index in [2.05, 4.69) is 30.4 Å². The number of rotatable bonds is 3. The smallest absolute Gasteiger partial charge is 0.432 e. The molecule has 11 heteroatoms. The van der Waals surface area contributed by atoms with E-state index in [1.54, 1.807) is 11.3 Å². The van der Waals surface area contributed by atoms with Crippen molar-refractivity contribution in [3.63, 3.8) is 0 Å². The average molecular weight is 351 g/mol. The number of carboxylic acid groups (broad SMARTS) is 1. The van der Waals surface area contributed by atoms with E-state index < -0.39 is 6.09 Å². The number of nitrogens with zero attached hydrogens (tertiary/aromatic N) is 7. The zero-order valence-corrected chi connectivity index (χ0v) is 13.5. The lowest BCUT2D eigenvalue weighted by atomic mass is 10.3. The molecule has 0 fully saturated rings. The van der Waals surface area contributed by atoms with Crippen LogP contribution in [0.15, 0.2) is 36.7 Å². The Balaban J connectivity index is 1.87. The Morgan fingerprint density at radius 2 is 2.00 bits per heavy atom. The SMILES string of the molecule is Cc1nc(N)nc(-c2c(Nc3ccn(C(=O)O)n3)nc3ccccn23)n1. The molecule has 0 amide bonds. The third-order valence-corrected chi connectivity index (χ3v) is 3.54. The largest absolute Gasteiger partial charge is 0.463 e. The lowest BCUT2D eigenvalue weighted by Crippen LogP contribution is -2.08. The molecular weight excluding hydrogens is 338 g/mol. The van der Waals surface area contributed by atoms with Gasteiger partial charge in [0.25, 0.3) is 0 Å². The molecule has 0 unspecified atom stereocenters. The molecule has 0 aliphatic carbocycles. The van der Waals surface area contributed by atoms with Crippen molar-refractivity contribution in [2.75, 3.05) is 11.1 Å². The third kappa shape index (κ3) is 2.66. The van der Waals surface area contributed by atoms with Crippen LogP contribution in [0, 0.1) is 6.92 Å². The van der Waals surface area contributed by atoms with E-state index >= 15 is 0 Å². The molecule has 0 spiro atoms. The summed E-state index contributed by atoms with van der Waals surface area (Å²) >= 11 is 0. The Morgan fingerprint density at radius 1 is 1.15 bits per heavy atom. The Hall–Kier alpha value is -4.02. The van der Waals surface area contributed by atoms with Crippen LogP contribution in [-0.4, -0.2) is 45.3 Å². The van der Waals surface area contributed by atoms with E-state index in [0.717, 1.165) is 4.68 Å². The van der Waals surface area contributed by atoms with E-state index in [1.807, 2.05) is 24.4 Å². The van der Waals surface area contributed by atoms with Crippen molar-refractivity contribution in [1.82, 2.24) is 34.1 Å². The molecule has 0 saturated heterocycles. The van der Waals surface area contributed by atoms with Crippen LogP contribution in [-0.2, 0) is 0 Å². The standard InChI is InChI=1S/C15H13N9O2/c1-8-17-12(21-14(16)18-8)11-13(20-10-4-2-3-6-23(10)11)19-9-5-7-24(22-9)15(25)26/h2-7H,1H3,(H,19,22)(H,25,26)(H2,16,17,18,21). The number of hydrogen-bond donors (Lipinski definition) is 3. The van der Waals surface area contributed by atoms with E-state index in [4.69, 9.17) is 10.8 Å². The molecule has 0 aliphatic heterocycles. The fourth-order valence-corrected chi connectivity index (χ4v) is 2.52. The fourth-order valence-electron chi connectivity index (χ4n) is 2.52. The number of fused-ring (bicyclic) bond motifs is 1. The molecule has 0 saturated carbocycles. The van der Waals surface area contributed by atoms with Gasteiger partial charge in [0.1, 0.15) is 17.2 Å². The summed E-state index contributed by atoms with van der Waals surface area (Å²) in [6.07, 6.45) is 1.95. The second-order valence-electron chi connectivity index (χ2n) is 5.36. The van der Waals surface area contributed by atoms with Crippen molar-refractivity contribution in [3.8, 4) is 11.5 Å². The molecule has 11 nitrogen and oxygen atoms in total. The molecule has 130 valence electrons. The van der Waals surface area contributed by atoms with Gasteiger partial charge in [0.2, 0.25) is 5.95 Å². The van der Waals surface area contributed by atoms with Crippen molar-refractivity contribution in [2.45, 2.75) is 6.92 Å². The van der Waals surface area contributed by atoms with Gasteiger partial charge in [-0.25, -0.2) is 14.8 Å². The van der Waals surface area contributed by atoms with Crippen LogP contribution in [0.4, 0.5) is 22.4 Å². The van der Waals surface area contributed by atoms with Crippen LogP contribution in [0.5, 0.6) is 0 Å². The fraction of sp³-hybridized carbons (Fsp3) is 0.0667. The number of nitrogens with two attached hydrogens (primary N) is 1. The Bertz CT molecular complexity index is 1110. The minimum atomic E-state index is -1.19. The highest BCUT2D eigenvalue weighted by Crippen LogP contribution is 2.28. The van der Waals surface area contributed by atoms with E-state index in [0.29, 0.717) is 34.6 Å². The maximum absolute atomic E-state index is 11.0. The molecule has 4 aromatic rings. The number of pyridine rings is 1. The third-order valence-electron chi connectivity index (χ3n) is 3.54. The highest BCUT2D eigenvalue weighted by Gasteiger charge is 2.19. The van der Waals surface area contributed by atoms with E-state index in [-0.39, 0.29) is 5.95 Å². The number of aryl methyl sites for hydroxylation is 1. The van der Waals surface area contributed by atoms with Crippen LogP contribution in [0.2, 0.25) is 0 Å². The molecule has 0 radical (unpaired) electrons. The van der Waals surface area contributed by atoms with Crippen LogP contribution in [0.25, 0.3) is 17.2 Å². The van der Waals surface area contributed by atoms with Crippen LogP contribution in [0.1, 0.15) is 5.82 Å². The first-order valence-corrected chi connectivity index (χ1v) is 7.53. The van der Waals surface area contributed by atoms with Gasteiger partial charge < -0.3 is 16.2 Å². The lowest BCUT2D eigenvalue weighted by Gasteiger charge is -2.06. The summed E-state index contributed by atoms with van der Waals surface area (Å²) in [6, 6.07) is 7.04. The van der Waals surface area contributed by atoms with Gasteiger partial charge in [-0.3, -0.25) is 4.40 Å². The number of nitrogens with one attached hydrogen (secondary N) is 1. The number of anilines is 3. The number of aromatic nitrogens is 7. The summed E-state index contributed by atoms with van der Waals surface area (Å²) in [5.74, 6) is 1.64. The van der Waals surface area contributed by atoms with Gasteiger partial charge in [-0.15, -0.1) is 5.10 Å². The average Bonchev–Trinajstić information content (AvgIpc) is 3.18. The highest BCUT2D eigenvalue weighted by atomic mass is 16.4. The first-order valence-electron chi connectivity index (χ1n) is 7.53. The van der Waals surface area contributed by atoms with Crippen molar-refractivity contribution >= 4 is 29.3 Å². The van der Waals surface area contributed by atoms with Gasteiger partial charge in [0.05, 0.1) is 0 Å². The first-order chi connectivity index (χ1) is 12.5.